The van der Waals surface area contributed by atoms with E-state index in [1.54, 1.807) is 0 Å². The van der Waals surface area contributed by atoms with Crippen LogP contribution in [0.3, 0.4) is 0 Å². The predicted octanol–water partition coefficient (Wildman–Crippen LogP) is 5.55. The summed E-state index contributed by atoms with van der Waals surface area (Å²) in [5.41, 5.74) is 2.95. The molecule has 2 nitrogen and oxygen atoms in total. The monoisotopic (exact) mass is 376 g/mol. The highest BCUT2D eigenvalue weighted by molar-refractivity contribution is 5.30. The number of rotatable bonds is 3. The summed E-state index contributed by atoms with van der Waals surface area (Å²) in [6.45, 7) is 7.04. The molecule has 0 heterocycles. The summed E-state index contributed by atoms with van der Waals surface area (Å²) in [5, 5.41) is 19.9. The Kier molecular flexibility index (Phi) is 4.87. The van der Waals surface area contributed by atoms with Crippen LogP contribution >= 0.6 is 0 Å². The summed E-state index contributed by atoms with van der Waals surface area (Å²) in [5.74, 6) is -0.304. The van der Waals surface area contributed by atoms with Crippen LogP contribution in [0.5, 0.6) is 0 Å². The van der Waals surface area contributed by atoms with Gasteiger partial charge in [-0.1, -0.05) is 50.5 Å². The molecule has 0 aliphatic heterocycles. The zero-order valence-electron chi connectivity index (χ0n) is 17.3. The first kappa shape index (κ1) is 19.6. The molecule has 0 aromatic heterocycles. The molecule has 2 N–H and O–H groups in total. The lowest BCUT2D eigenvalue weighted by molar-refractivity contribution is -0.174. The van der Waals surface area contributed by atoms with Gasteiger partial charge in [0.25, 0.3) is 0 Å². The maximum absolute atomic E-state index is 15.0. The van der Waals surface area contributed by atoms with E-state index in [0.29, 0.717) is 17.8 Å². The number of hydrogen-bond donors (Lipinski definition) is 2. The topological polar surface area (TPSA) is 40.5 Å². The third-order valence-electron chi connectivity index (χ3n) is 9.18. The maximum atomic E-state index is 15.0. The van der Waals surface area contributed by atoms with Crippen LogP contribution in [0.2, 0.25) is 0 Å². The number of hydrogen-bond acceptors (Lipinski definition) is 2. The summed E-state index contributed by atoms with van der Waals surface area (Å²) >= 11 is 0. The molecule has 4 aliphatic carbocycles. The number of alkyl halides is 1. The molecule has 0 saturated heterocycles. The minimum atomic E-state index is -2.03. The van der Waals surface area contributed by atoms with E-state index in [1.807, 2.05) is 0 Å². The van der Waals surface area contributed by atoms with Gasteiger partial charge in [-0.3, -0.25) is 0 Å². The average molecular weight is 377 g/mol. The summed E-state index contributed by atoms with van der Waals surface area (Å²) in [7, 11) is 0. The quantitative estimate of drug-likeness (QED) is 0.634. The summed E-state index contributed by atoms with van der Waals surface area (Å²) < 4.78 is 15.0. The second kappa shape index (κ2) is 6.69. The van der Waals surface area contributed by atoms with Crippen LogP contribution in [0.25, 0.3) is 0 Å². The molecule has 0 amide bonds. The van der Waals surface area contributed by atoms with Gasteiger partial charge in [0.2, 0.25) is 5.85 Å². The van der Waals surface area contributed by atoms with Gasteiger partial charge in [-0.15, -0.1) is 0 Å². The summed E-state index contributed by atoms with van der Waals surface area (Å²) in [6, 6.07) is 0. The lowest BCUT2D eigenvalue weighted by Crippen LogP contribution is -2.53. The molecule has 152 valence electrons. The molecular weight excluding hydrogens is 339 g/mol. The van der Waals surface area contributed by atoms with Gasteiger partial charge < -0.3 is 10.2 Å². The molecule has 0 bridgehead atoms. The number of aliphatic hydroxyl groups is 2. The second-order valence-electron chi connectivity index (χ2n) is 10.4. The molecule has 0 radical (unpaired) electrons. The van der Waals surface area contributed by atoms with Crippen LogP contribution in [0, 0.1) is 34.5 Å². The van der Waals surface area contributed by atoms with Gasteiger partial charge in [-0.2, -0.15) is 0 Å². The van der Waals surface area contributed by atoms with Gasteiger partial charge >= 0.3 is 0 Å². The van der Waals surface area contributed by atoms with Crippen molar-refractivity contribution in [2.75, 3.05) is 6.61 Å². The maximum Gasteiger partial charge on any atom is 0.213 e. The largest absolute Gasteiger partial charge is 0.392 e. The molecule has 0 aromatic carbocycles. The van der Waals surface area contributed by atoms with E-state index in [-0.39, 0.29) is 29.8 Å². The first-order valence-electron chi connectivity index (χ1n) is 11.2. The van der Waals surface area contributed by atoms with Crippen molar-refractivity contribution in [3.63, 3.8) is 0 Å². The second-order valence-corrected chi connectivity index (χ2v) is 10.4. The molecular formula is C24H37FO2. The molecule has 7 atom stereocenters. The minimum absolute atomic E-state index is 0.0475. The zero-order valence-corrected chi connectivity index (χ0v) is 17.3. The summed E-state index contributed by atoms with van der Waals surface area (Å²) in [6.07, 6.45) is 12.8. The van der Waals surface area contributed by atoms with E-state index in [4.69, 9.17) is 0 Å². The Morgan fingerprint density at radius 1 is 1.22 bits per heavy atom. The highest BCUT2D eigenvalue weighted by Gasteiger charge is 2.60. The molecule has 0 unspecified atom stereocenters. The smallest absolute Gasteiger partial charge is 0.213 e. The molecule has 3 fully saturated rings. The van der Waals surface area contributed by atoms with E-state index >= 15 is 0 Å². The standard InChI is InChI=1S/C24H37FO2/c1-4-5-18-14-23(3)17(15-24(18,25)27)6-8-19-20-9-7-16(11-13-26)22(20,2)12-10-21(19)23/h6,11,18-21,26-27H,4-5,7-10,12-15H2,1-3H3/t18-,19+,20+,21+,22-,23+,24-/m1/s1. The van der Waals surface area contributed by atoms with Crippen molar-refractivity contribution in [1.29, 1.82) is 0 Å². The average Bonchev–Trinajstić information content (AvgIpc) is 2.93. The van der Waals surface area contributed by atoms with E-state index < -0.39 is 5.85 Å². The fraction of sp³-hybridized carbons (Fsp3) is 0.833. The van der Waals surface area contributed by atoms with Crippen LogP contribution < -0.4 is 0 Å². The van der Waals surface area contributed by atoms with E-state index in [0.717, 1.165) is 32.1 Å². The van der Waals surface area contributed by atoms with Crippen molar-refractivity contribution < 1.29 is 14.6 Å². The Morgan fingerprint density at radius 3 is 2.67 bits per heavy atom. The van der Waals surface area contributed by atoms with Crippen molar-refractivity contribution in [3.8, 4) is 0 Å². The highest BCUT2D eigenvalue weighted by atomic mass is 19.2. The fourth-order valence-electron chi connectivity index (χ4n) is 7.76. The molecule has 27 heavy (non-hydrogen) atoms. The third-order valence-corrected chi connectivity index (χ3v) is 9.18. The van der Waals surface area contributed by atoms with Crippen LogP contribution in [0.15, 0.2) is 23.3 Å². The van der Waals surface area contributed by atoms with Crippen molar-refractivity contribution in [2.24, 2.45) is 34.5 Å². The van der Waals surface area contributed by atoms with Crippen molar-refractivity contribution in [2.45, 2.75) is 84.4 Å². The third kappa shape index (κ3) is 2.87. The summed E-state index contributed by atoms with van der Waals surface area (Å²) in [4.78, 5) is 0. The molecule has 3 saturated carbocycles. The molecule has 0 aromatic rings. The SMILES string of the molecule is CCC[C@@H]1C[C@@]2(C)C(=CC[C@@H]3[C@@H]2CC[C@]2(C)C(=CCO)CC[C@@H]32)C[C@]1(O)F. The Labute approximate surface area is 163 Å². The zero-order chi connectivity index (χ0) is 19.4. The lowest BCUT2D eigenvalue weighted by atomic mass is 9.46. The molecule has 3 heteroatoms. The molecule has 0 spiro atoms. The van der Waals surface area contributed by atoms with Gasteiger partial charge in [0.05, 0.1) is 6.61 Å². The first-order valence-corrected chi connectivity index (χ1v) is 11.2. The van der Waals surface area contributed by atoms with Crippen LogP contribution in [0.4, 0.5) is 4.39 Å². The Hall–Kier alpha value is -0.670. The van der Waals surface area contributed by atoms with Gasteiger partial charge in [0, 0.05) is 12.3 Å². The Balaban J connectivity index is 1.66. The number of halogens is 1. The number of fused-ring (bicyclic) bond motifs is 5. The highest BCUT2D eigenvalue weighted by Crippen LogP contribution is 2.67. The molecule has 4 rings (SSSR count). The van der Waals surface area contributed by atoms with Crippen LogP contribution in [0.1, 0.15) is 78.6 Å². The number of aliphatic hydroxyl groups excluding tert-OH is 1. The van der Waals surface area contributed by atoms with Gasteiger partial charge in [-0.05, 0) is 73.5 Å². The van der Waals surface area contributed by atoms with Crippen LogP contribution in [-0.2, 0) is 0 Å². The van der Waals surface area contributed by atoms with Crippen molar-refractivity contribution in [1.82, 2.24) is 0 Å². The van der Waals surface area contributed by atoms with E-state index in [2.05, 4.69) is 32.9 Å². The normalized spacial score (nSPS) is 50.7. The van der Waals surface area contributed by atoms with E-state index in [9.17, 15) is 14.6 Å². The van der Waals surface area contributed by atoms with E-state index in [1.165, 1.54) is 30.4 Å². The van der Waals surface area contributed by atoms with Gasteiger partial charge in [0.15, 0.2) is 0 Å². The fourth-order valence-corrected chi connectivity index (χ4v) is 7.76. The Bertz CT molecular complexity index is 651. The minimum Gasteiger partial charge on any atom is -0.392 e. The Morgan fingerprint density at radius 2 is 1.96 bits per heavy atom. The lowest BCUT2D eigenvalue weighted by Gasteiger charge is -2.59. The van der Waals surface area contributed by atoms with Crippen molar-refractivity contribution in [3.05, 3.63) is 23.3 Å². The van der Waals surface area contributed by atoms with Crippen LogP contribution in [-0.4, -0.2) is 22.7 Å². The first-order chi connectivity index (χ1) is 12.8. The van der Waals surface area contributed by atoms with Gasteiger partial charge in [0.1, 0.15) is 0 Å². The van der Waals surface area contributed by atoms with Crippen molar-refractivity contribution >= 4 is 0 Å². The molecule has 4 aliphatic rings. The predicted molar refractivity (Wildman–Crippen MR) is 107 cm³/mol. The van der Waals surface area contributed by atoms with Gasteiger partial charge in [-0.25, -0.2) is 4.39 Å². The number of allylic oxidation sites excluding steroid dienone is 2.